The molecule has 2 aliphatic heterocycles. The van der Waals surface area contributed by atoms with E-state index in [1.807, 2.05) is 41.6 Å². The second kappa shape index (κ2) is 6.10. The first kappa shape index (κ1) is 13.8. The molecule has 5 heteroatoms. The van der Waals surface area contributed by atoms with Crippen molar-refractivity contribution in [3.05, 3.63) is 42.0 Å². The summed E-state index contributed by atoms with van der Waals surface area (Å²) in [6.45, 7) is 0.821. The predicted molar refractivity (Wildman–Crippen MR) is 82.6 cm³/mol. The number of aliphatic hydroxyl groups excluding tert-OH is 1. The number of benzene rings is 1. The number of allylic oxidation sites excluding steroid dienone is 1. The first-order chi connectivity index (χ1) is 10.3. The molecule has 0 saturated heterocycles. The monoisotopic (exact) mass is 285 g/mol. The Morgan fingerprint density at radius 1 is 1.29 bits per heavy atom. The average Bonchev–Trinajstić information content (AvgIpc) is 2.87. The Morgan fingerprint density at radius 2 is 2.10 bits per heavy atom. The summed E-state index contributed by atoms with van der Waals surface area (Å²) in [5, 5.41) is 15.8. The molecule has 110 valence electrons. The standard InChI is InChI=1S/C16H19N3O2/c1-21-13-6-4-12(5-7-13)11-19-16-14(3-2-9-17-16)15(18-19)8-10-20/h2-7,9,14,16,20H,8,10-11H2,1H3. The van der Waals surface area contributed by atoms with Crippen LogP contribution in [0.1, 0.15) is 12.0 Å². The van der Waals surface area contributed by atoms with Crippen LogP contribution in [0.5, 0.6) is 5.75 Å². The summed E-state index contributed by atoms with van der Waals surface area (Å²) in [6, 6.07) is 7.97. The lowest BCUT2D eigenvalue weighted by Gasteiger charge is -2.24. The zero-order chi connectivity index (χ0) is 14.7. The van der Waals surface area contributed by atoms with E-state index in [4.69, 9.17) is 4.74 Å². The van der Waals surface area contributed by atoms with Crippen molar-refractivity contribution < 1.29 is 9.84 Å². The summed E-state index contributed by atoms with van der Waals surface area (Å²) >= 11 is 0. The molecule has 0 radical (unpaired) electrons. The second-order valence-electron chi connectivity index (χ2n) is 5.13. The number of hydrazone groups is 1. The smallest absolute Gasteiger partial charge is 0.148 e. The molecular formula is C16H19N3O2. The number of methoxy groups -OCH3 is 1. The SMILES string of the molecule is COc1ccc(CN2N=C(CCO)C3C=CC=NC32)cc1. The van der Waals surface area contributed by atoms with Gasteiger partial charge in [0.15, 0.2) is 0 Å². The van der Waals surface area contributed by atoms with Crippen molar-refractivity contribution in [2.75, 3.05) is 13.7 Å². The minimum absolute atomic E-state index is 0.0126. The van der Waals surface area contributed by atoms with Crippen LogP contribution in [-0.2, 0) is 6.54 Å². The Kier molecular flexibility index (Phi) is 4.01. The Labute approximate surface area is 124 Å². The van der Waals surface area contributed by atoms with Crippen LogP contribution in [0, 0.1) is 5.92 Å². The van der Waals surface area contributed by atoms with Crippen LogP contribution >= 0.6 is 0 Å². The maximum Gasteiger partial charge on any atom is 0.148 e. The topological polar surface area (TPSA) is 57.4 Å². The van der Waals surface area contributed by atoms with E-state index in [1.165, 1.54) is 0 Å². The lowest BCUT2D eigenvalue weighted by atomic mass is 9.97. The number of dihydropyridines is 1. The van der Waals surface area contributed by atoms with E-state index < -0.39 is 0 Å². The second-order valence-corrected chi connectivity index (χ2v) is 5.13. The fourth-order valence-electron chi connectivity index (χ4n) is 2.71. The zero-order valence-electron chi connectivity index (χ0n) is 12.0. The van der Waals surface area contributed by atoms with Gasteiger partial charge in [-0.05, 0) is 23.8 Å². The third kappa shape index (κ3) is 2.83. The average molecular weight is 285 g/mol. The molecule has 0 spiro atoms. The van der Waals surface area contributed by atoms with Gasteiger partial charge in [0.05, 0.1) is 25.3 Å². The van der Waals surface area contributed by atoms with E-state index in [2.05, 4.69) is 16.2 Å². The van der Waals surface area contributed by atoms with Gasteiger partial charge < -0.3 is 9.84 Å². The summed E-state index contributed by atoms with van der Waals surface area (Å²) in [4.78, 5) is 4.53. The molecule has 2 aliphatic rings. The number of hydrogen-bond donors (Lipinski definition) is 1. The molecular weight excluding hydrogens is 266 g/mol. The summed E-state index contributed by atoms with van der Waals surface area (Å²) in [5.41, 5.74) is 2.16. The highest BCUT2D eigenvalue weighted by atomic mass is 16.5. The van der Waals surface area contributed by atoms with Crippen molar-refractivity contribution in [1.82, 2.24) is 5.01 Å². The first-order valence-electron chi connectivity index (χ1n) is 7.09. The minimum atomic E-state index is 0.0126. The van der Waals surface area contributed by atoms with Gasteiger partial charge in [0.25, 0.3) is 0 Å². The van der Waals surface area contributed by atoms with Crippen molar-refractivity contribution in [2.24, 2.45) is 16.0 Å². The molecule has 0 amide bonds. The van der Waals surface area contributed by atoms with E-state index in [1.54, 1.807) is 7.11 Å². The number of aliphatic imine (C=N–C) groups is 1. The Balaban J connectivity index is 1.77. The highest BCUT2D eigenvalue weighted by molar-refractivity contribution is 5.92. The Morgan fingerprint density at radius 3 is 2.81 bits per heavy atom. The summed E-state index contributed by atoms with van der Waals surface area (Å²) < 4.78 is 5.17. The number of hydrogen-bond acceptors (Lipinski definition) is 5. The molecule has 2 unspecified atom stereocenters. The number of rotatable bonds is 5. The molecule has 0 aromatic heterocycles. The summed E-state index contributed by atoms with van der Waals surface area (Å²) in [6.07, 6.45) is 6.49. The predicted octanol–water partition coefficient (Wildman–Crippen LogP) is 1.83. The summed E-state index contributed by atoms with van der Waals surface area (Å²) in [5.74, 6) is 1.03. The van der Waals surface area contributed by atoms with E-state index in [0.29, 0.717) is 13.0 Å². The van der Waals surface area contributed by atoms with Gasteiger partial charge in [-0.15, -0.1) is 0 Å². The fraction of sp³-hybridized carbons (Fsp3) is 0.375. The maximum atomic E-state index is 9.17. The van der Waals surface area contributed by atoms with Crippen LogP contribution in [0.15, 0.2) is 46.5 Å². The third-order valence-electron chi connectivity index (χ3n) is 3.78. The zero-order valence-corrected chi connectivity index (χ0v) is 12.0. The number of fused-ring (bicyclic) bond motifs is 1. The molecule has 0 saturated carbocycles. The largest absolute Gasteiger partial charge is 0.497 e. The van der Waals surface area contributed by atoms with E-state index in [9.17, 15) is 5.11 Å². The highest BCUT2D eigenvalue weighted by Crippen LogP contribution is 2.29. The molecule has 1 aromatic rings. The van der Waals surface area contributed by atoms with Gasteiger partial charge in [0, 0.05) is 19.2 Å². The van der Waals surface area contributed by atoms with E-state index in [0.717, 1.165) is 17.0 Å². The molecule has 0 aliphatic carbocycles. The van der Waals surface area contributed by atoms with Gasteiger partial charge in [0.2, 0.25) is 0 Å². The fourth-order valence-corrected chi connectivity index (χ4v) is 2.71. The molecule has 21 heavy (non-hydrogen) atoms. The lowest BCUT2D eigenvalue weighted by molar-refractivity contribution is 0.210. The van der Waals surface area contributed by atoms with E-state index >= 15 is 0 Å². The number of aliphatic hydroxyl groups is 1. The van der Waals surface area contributed by atoms with Crippen molar-refractivity contribution >= 4 is 11.9 Å². The van der Waals surface area contributed by atoms with Gasteiger partial charge >= 0.3 is 0 Å². The molecule has 3 rings (SSSR count). The van der Waals surface area contributed by atoms with Gasteiger partial charge in [-0.2, -0.15) is 5.10 Å². The molecule has 0 fully saturated rings. The maximum absolute atomic E-state index is 9.17. The molecule has 5 nitrogen and oxygen atoms in total. The van der Waals surface area contributed by atoms with Crippen LogP contribution in [0.3, 0.4) is 0 Å². The van der Waals surface area contributed by atoms with Crippen LogP contribution in [-0.4, -0.2) is 41.9 Å². The third-order valence-corrected chi connectivity index (χ3v) is 3.78. The van der Waals surface area contributed by atoms with Crippen LogP contribution in [0.2, 0.25) is 0 Å². The minimum Gasteiger partial charge on any atom is -0.497 e. The van der Waals surface area contributed by atoms with Crippen molar-refractivity contribution in [2.45, 2.75) is 19.1 Å². The summed E-state index contributed by atoms with van der Waals surface area (Å²) in [7, 11) is 1.66. The number of nitrogens with zero attached hydrogens (tertiary/aromatic N) is 3. The van der Waals surface area contributed by atoms with Gasteiger partial charge in [-0.1, -0.05) is 18.2 Å². The van der Waals surface area contributed by atoms with Crippen molar-refractivity contribution in [1.29, 1.82) is 0 Å². The Hall–Kier alpha value is -2.14. The van der Waals surface area contributed by atoms with Crippen molar-refractivity contribution in [3.63, 3.8) is 0 Å². The molecule has 1 aromatic carbocycles. The first-order valence-corrected chi connectivity index (χ1v) is 7.09. The van der Waals surface area contributed by atoms with Gasteiger partial charge in [0.1, 0.15) is 11.9 Å². The normalized spacial score (nSPS) is 23.1. The van der Waals surface area contributed by atoms with Gasteiger partial charge in [-0.25, -0.2) is 0 Å². The highest BCUT2D eigenvalue weighted by Gasteiger charge is 2.35. The number of ether oxygens (including phenoxy) is 1. The Bertz CT molecular complexity index is 578. The lowest BCUT2D eigenvalue weighted by Crippen LogP contribution is -2.32. The van der Waals surface area contributed by atoms with Crippen LogP contribution < -0.4 is 4.74 Å². The quantitative estimate of drug-likeness (QED) is 0.898. The van der Waals surface area contributed by atoms with Crippen LogP contribution in [0.25, 0.3) is 0 Å². The van der Waals surface area contributed by atoms with Gasteiger partial charge in [-0.3, -0.25) is 10.0 Å². The van der Waals surface area contributed by atoms with E-state index in [-0.39, 0.29) is 18.7 Å². The van der Waals surface area contributed by atoms with Crippen LogP contribution in [0.4, 0.5) is 0 Å². The van der Waals surface area contributed by atoms with Crippen molar-refractivity contribution in [3.8, 4) is 5.75 Å². The molecule has 0 bridgehead atoms. The molecule has 2 atom stereocenters. The molecule has 2 heterocycles. The molecule has 1 N–H and O–H groups in total.